The van der Waals surface area contributed by atoms with E-state index in [2.05, 4.69) is 0 Å². The smallest absolute Gasteiger partial charge is 0.254 e. The molecule has 0 aliphatic rings. The fourth-order valence-electron chi connectivity index (χ4n) is 2.61. The molecule has 0 aliphatic carbocycles. The van der Waals surface area contributed by atoms with Crippen LogP contribution in [0.1, 0.15) is 27.2 Å². The van der Waals surface area contributed by atoms with Gasteiger partial charge in [-0.3, -0.25) is 4.79 Å². The average Bonchev–Trinajstić information content (AvgIpc) is 3.07. The highest BCUT2D eigenvalue weighted by Gasteiger charge is 2.18. The average molecular weight is 340 g/mol. The number of carbonyl (C=O) groups is 1. The Morgan fingerprint density at radius 2 is 1.88 bits per heavy atom. The van der Waals surface area contributed by atoms with Crippen LogP contribution in [-0.4, -0.2) is 10.8 Å². The first kappa shape index (κ1) is 16.3. The molecule has 3 aromatic rings. The molecule has 2 aromatic carbocycles. The molecule has 0 fully saturated rings. The van der Waals surface area contributed by atoms with Crippen molar-refractivity contribution in [3.05, 3.63) is 94.4 Å². The summed E-state index contributed by atoms with van der Waals surface area (Å²) in [6, 6.07) is 18.9. The van der Waals surface area contributed by atoms with Crippen LogP contribution in [0.15, 0.2) is 71.3 Å². The van der Waals surface area contributed by atoms with E-state index in [1.54, 1.807) is 11.2 Å². The third kappa shape index (κ3) is 4.06. The van der Waals surface area contributed by atoms with E-state index in [1.807, 2.05) is 67.6 Å². The summed E-state index contributed by atoms with van der Waals surface area (Å²) in [7, 11) is 0. The van der Waals surface area contributed by atoms with E-state index in [-0.39, 0.29) is 5.91 Å². The summed E-state index contributed by atoms with van der Waals surface area (Å²) in [4.78, 5) is 14.7. The minimum Gasteiger partial charge on any atom is -0.467 e. The van der Waals surface area contributed by atoms with E-state index in [4.69, 9.17) is 16.0 Å². The van der Waals surface area contributed by atoms with Crippen molar-refractivity contribution in [3.8, 4) is 0 Å². The molecule has 1 heterocycles. The van der Waals surface area contributed by atoms with E-state index in [1.165, 1.54) is 0 Å². The molecule has 1 aromatic heterocycles. The number of rotatable bonds is 5. The van der Waals surface area contributed by atoms with Crippen LogP contribution in [0.5, 0.6) is 0 Å². The first-order valence-electron chi connectivity index (χ1n) is 7.74. The zero-order chi connectivity index (χ0) is 16.9. The Kier molecular flexibility index (Phi) is 5.02. The quantitative estimate of drug-likeness (QED) is 0.649. The zero-order valence-electron chi connectivity index (χ0n) is 13.4. The highest BCUT2D eigenvalue weighted by molar-refractivity contribution is 6.30. The minimum atomic E-state index is -0.0323. The van der Waals surface area contributed by atoms with Gasteiger partial charge in [0.2, 0.25) is 0 Å². The molecule has 0 unspecified atom stereocenters. The van der Waals surface area contributed by atoms with Crippen molar-refractivity contribution in [1.82, 2.24) is 4.90 Å². The number of hydrogen-bond donors (Lipinski definition) is 0. The van der Waals surface area contributed by atoms with Crippen molar-refractivity contribution >= 4 is 17.5 Å². The maximum Gasteiger partial charge on any atom is 0.254 e. The Bertz CT molecular complexity index is 827. The van der Waals surface area contributed by atoms with Gasteiger partial charge in [-0.15, -0.1) is 0 Å². The second-order valence-corrected chi connectivity index (χ2v) is 6.18. The van der Waals surface area contributed by atoms with Crippen LogP contribution in [-0.2, 0) is 13.1 Å². The van der Waals surface area contributed by atoms with Gasteiger partial charge in [0.25, 0.3) is 5.91 Å². The molecule has 24 heavy (non-hydrogen) atoms. The molecular formula is C20H18ClNO2. The maximum absolute atomic E-state index is 13.0. The second kappa shape index (κ2) is 7.37. The highest BCUT2D eigenvalue weighted by atomic mass is 35.5. The molecule has 0 spiro atoms. The van der Waals surface area contributed by atoms with Crippen LogP contribution in [0.25, 0.3) is 0 Å². The van der Waals surface area contributed by atoms with Gasteiger partial charge in [0, 0.05) is 17.1 Å². The minimum absolute atomic E-state index is 0.0323. The largest absolute Gasteiger partial charge is 0.467 e. The lowest BCUT2D eigenvalue weighted by Gasteiger charge is -2.22. The van der Waals surface area contributed by atoms with Gasteiger partial charge in [-0.25, -0.2) is 0 Å². The standard InChI is InChI=1S/C20H18ClNO2/c1-15-5-2-7-17(11-15)20(23)22(14-19-9-4-10-24-19)13-16-6-3-8-18(21)12-16/h2-12H,13-14H2,1H3. The van der Waals surface area contributed by atoms with Gasteiger partial charge in [0.15, 0.2) is 0 Å². The Hall–Kier alpha value is -2.52. The summed E-state index contributed by atoms with van der Waals surface area (Å²) >= 11 is 6.07. The van der Waals surface area contributed by atoms with E-state index in [0.717, 1.165) is 16.9 Å². The Morgan fingerprint density at radius 3 is 2.58 bits per heavy atom. The van der Waals surface area contributed by atoms with Gasteiger partial charge in [-0.1, -0.05) is 41.4 Å². The van der Waals surface area contributed by atoms with Gasteiger partial charge in [-0.05, 0) is 48.9 Å². The Balaban J connectivity index is 1.87. The summed E-state index contributed by atoms with van der Waals surface area (Å²) in [5, 5.41) is 0.661. The zero-order valence-corrected chi connectivity index (χ0v) is 14.2. The lowest BCUT2D eigenvalue weighted by molar-refractivity contribution is 0.0717. The highest BCUT2D eigenvalue weighted by Crippen LogP contribution is 2.17. The third-order valence-electron chi connectivity index (χ3n) is 3.74. The van der Waals surface area contributed by atoms with Crippen molar-refractivity contribution in [1.29, 1.82) is 0 Å². The molecule has 0 radical (unpaired) electrons. The summed E-state index contributed by atoms with van der Waals surface area (Å²) in [6.07, 6.45) is 1.62. The van der Waals surface area contributed by atoms with E-state index < -0.39 is 0 Å². The van der Waals surface area contributed by atoms with E-state index in [9.17, 15) is 4.79 Å². The van der Waals surface area contributed by atoms with Crippen LogP contribution in [0.3, 0.4) is 0 Å². The Morgan fingerprint density at radius 1 is 1.04 bits per heavy atom. The van der Waals surface area contributed by atoms with Crippen molar-refractivity contribution in [2.75, 3.05) is 0 Å². The number of benzene rings is 2. The van der Waals surface area contributed by atoms with Crippen molar-refractivity contribution in [2.24, 2.45) is 0 Å². The van der Waals surface area contributed by atoms with Crippen molar-refractivity contribution in [3.63, 3.8) is 0 Å². The number of hydrogen-bond acceptors (Lipinski definition) is 2. The molecule has 0 aliphatic heterocycles. The van der Waals surface area contributed by atoms with E-state index >= 15 is 0 Å². The number of carbonyl (C=O) groups excluding carboxylic acids is 1. The SMILES string of the molecule is Cc1cccc(C(=O)N(Cc2cccc(Cl)c2)Cc2ccco2)c1. The predicted molar refractivity (Wildman–Crippen MR) is 94.9 cm³/mol. The van der Waals surface area contributed by atoms with Crippen LogP contribution in [0.4, 0.5) is 0 Å². The number of aryl methyl sites for hydroxylation is 1. The first-order valence-corrected chi connectivity index (χ1v) is 8.12. The fraction of sp³-hybridized carbons (Fsp3) is 0.150. The first-order chi connectivity index (χ1) is 11.6. The van der Waals surface area contributed by atoms with Crippen LogP contribution < -0.4 is 0 Å². The number of amides is 1. The van der Waals surface area contributed by atoms with Crippen LogP contribution in [0.2, 0.25) is 5.02 Å². The summed E-state index contributed by atoms with van der Waals surface area (Å²) in [6.45, 7) is 2.85. The second-order valence-electron chi connectivity index (χ2n) is 5.74. The number of halogens is 1. The molecule has 0 atom stereocenters. The monoisotopic (exact) mass is 339 g/mol. The molecule has 122 valence electrons. The van der Waals surface area contributed by atoms with Gasteiger partial charge in [-0.2, -0.15) is 0 Å². The molecule has 0 saturated heterocycles. The normalized spacial score (nSPS) is 10.6. The number of nitrogens with zero attached hydrogens (tertiary/aromatic N) is 1. The lowest BCUT2D eigenvalue weighted by atomic mass is 10.1. The van der Waals surface area contributed by atoms with Gasteiger partial charge in [0.05, 0.1) is 12.8 Å². The molecule has 3 nitrogen and oxygen atoms in total. The Labute approximate surface area is 146 Å². The third-order valence-corrected chi connectivity index (χ3v) is 3.98. The van der Waals surface area contributed by atoms with Gasteiger partial charge >= 0.3 is 0 Å². The molecular weight excluding hydrogens is 322 g/mol. The van der Waals surface area contributed by atoms with Gasteiger partial charge in [0.1, 0.15) is 5.76 Å². The number of furan rings is 1. The molecule has 3 rings (SSSR count). The molecule has 1 amide bonds. The topological polar surface area (TPSA) is 33.5 Å². The van der Waals surface area contributed by atoms with Crippen molar-refractivity contribution < 1.29 is 9.21 Å². The fourth-order valence-corrected chi connectivity index (χ4v) is 2.82. The van der Waals surface area contributed by atoms with Crippen LogP contribution >= 0.6 is 11.6 Å². The van der Waals surface area contributed by atoms with Crippen molar-refractivity contribution in [2.45, 2.75) is 20.0 Å². The van der Waals surface area contributed by atoms with Crippen LogP contribution in [0, 0.1) is 6.92 Å². The molecule has 0 N–H and O–H groups in total. The predicted octanol–water partition coefficient (Wildman–Crippen LogP) is 5.08. The lowest BCUT2D eigenvalue weighted by Crippen LogP contribution is -2.30. The molecule has 0 bridgehead atoms. The summed E-state index contributed by atoms with van der Waals surface area (Å²) in [5.41, 5.74) is 2.71. The van der Waals surface area contributed by atoms with Gasteiger partial charge < -0.3 is 9.32 Å². The molecule has 4 heteroatoms. The van der Waals surface area contributed by atoms with E-state index in [0.29, 0.717) is 23.7 Å². The summed E-state index contributed by atoms with van der Waals surface area (Å²) in [5.74, 6) is 0.716. The maximum atomic E-state index is 13.0. The summed E-state index contributed by atoms with van der Waals surface area (Å²) < 4.78 is 5.42. The molecule has 0 saturated carbocycles.